The molecule has 0 saturated carbocycles. The minimum Gasteiger partial charge on any atom is -0.396 e. The van der Waals surface area contributed by atoms with Crippen LogP contribution < -0.4 is 11.5 Å². The maximum Gasteiger partial charge on any atom is 0.123 e. The lowest BCUT2D eigenvalue weighted by Gasteiger charge is -2.16. The SMILES string of the molecule is NCc1ccccc1-c1nc(-c2ccccc2)cc(-c2cccc(F)c2)c1N. The Balaban J connectivity index is 2.01. The molecule has 4 aromatic rings. The number of rotatable bonds is 4. The Morgan fingerprint density at radius 3 is 2.21 bits per heavy atom. The number of benzene rings is 3. The molecule has 4 heteroatoms. The molecule has 4 N–H and O–H groups in total. The van der Waals surface area contributed by atoms with E-state index in [9.17, 15) is 4.39 Å². The summed E-state index contributed by atoms with van der Waals surface area (Å²) in [5.74, 6) is -0.307. The minimum absolute atomic E-state index is 0.307. The second-order valence-corrected chi connectivity index (χ2v) is 6.55. The van der Waals surface area contributed by atoms with Gasteiger partial charge in [-0.2, -0.15) is 0 Å². The fourth-order valence-electron chi connectivity index (χ4n) is 3.34. The van der Waals surface area contributed by atoms with E-state index < -0.39 is 0 Å². The molecule has 0 amide bonds. The molecule has 3 nitrogen and oxygen atoms in total. The summed E-state index contributed by atoms with van der Waals surface area (Å²) in [6, 6.07) is 26.0. The van der Waals surface area contributed by atoms with Crippen LogP contribution in [0.3, 0.4) is 0 Å². The monoisotopic (exact) mass is 369 g/mol. The van der Waals surface area contributed by atoms with Gasteiger partial charge in [0.25, 0.3) is 0 Å². The number of hydrogen-bond acceptors (Lipinski definition) is 3. The highest BCUT2D eigenvalue weighted by atomic mass is 19.1. The first kappa shape index (κ1) is 17.9. The van der Waals surface area contributed by atoms with E-state index >= 15 is 0 Å². The van der Waals surface area contributed by atoms with E-state index in [1.54, 1.807) is 6.07 Å². The van der Waals surface area contributed by atoms with Gasteiger partial charge in [0, 0.05) is 23.2 Å². The van der Waals surface area contributed by atoms with Crippen LogP contribution in [0.1, 0.15) is 5.56 Å². The summed E-state index contributed by atoms with van der Waals surface area (Å²) in [6.07, 6.45) is 0. The molecular formula is C24H20FN3. The predicted molar refractivity (Wildman–Crippen MR) is 113 cm³/mol. The first-order valence-electron chi connectivity index (χ1n) is 9.07. The first-order chi connectivity index (χ1) is 13.7. The Morgan fingerprint density at radius 2 is 1.46 bits per heavy atom. The molecule has 138 valence electrons. The van der Waals surface area contributed by atoms with Crippen LogP contribution in [-0.4, -0.2) is 4.98 Å². The maximum atomic E-state index is 13.9. The summed E-state index contributed by atoms with van der Waals surface area (Å²) in [5, 5.41) is 0. The number of halogens is 1. The van der Waals surface area contributed by atoms with E-state index in [4.69, 9.17) is 16.5 Å². The quantitative estimate of drug-likeness (QED) is 0.515. The van der Waals surface area contributed by atoms with Crippen molar-refractivity contribution in [3.05, 3.63) is 96.3 Å². The smallest absolute Gasteiger partial charge is 0.123 e. The van der Waals surface area contributed by atoms with Gasteiger partial charge in [0.2, 0.25) is 0 Å². The number of nitrogens with zero attached hydrogens (tertiary/aromatic N) is 1. The van der Waals surface area contributed by atoms with Gasteiger partial charge in [-0.25, -0.2) is 9.37 Å². The number of nitrogens with two attached hydrogens (primary N) is 2. The molecule has 0 atom stereocenters. The van der Waals surface area contributed by atoms with E-state index in [0.29, 0.717) is 23.5 Å². The van der Waals surface area contributed by atoms with Crippen LogP contribution in [0, 0.1) is 5.82 Å². The molecule has 0 spiro atoms. The second kappa shape index (κ2) is 7.62. The van der Waals surface area contributed by atoms with Gasteiger partial charge in [-0.3, -0.25) is 0 Å². The molecule has 0 bridgehead atoms. The Morgan fingerprint density at radius 1 is 0.750 bits per heavy atom. The Hall–Kier alpha value is -3.50. The standard InChI is InChI=1S/C24H20FN3/c25-19-11-6-10-17(13-19)21-14-22(16-7-2-1-3-8-16)28-24(23(21)27)20-12-5-4-9-18(20)15-26/h1-14H,15,26-27H2. The summed E-state index contributed by atoms with van der Waals surface area (Å²) >= 11 is 0. The molecule has 0 fully saturated rings. The molecule has 0 aliphatic rings. The van der Waals surface area contributed by atoms with E-state index in [1.807, 2.05) is 66.7 Å². The third-order valence-electron chi connectivity index (χ3n) is 4.76. The van der Waals surface area contributed by atoms with E-state index in [2.05, 4.69) is 0 Å². The highest BCUT2D eigenvalue weighted by molar-refractivity contribution is 5.90. The van der Waals surface area contributed by atoms with Gasteiger partial charge in [0.05, 0.1) is 17.1 Å². The van der Waals surface area contributed by atoms with Crippen LogP contribution in [0.15, 0.2) is 84.9 Å². The summed E-state index contributed by atoms with van der Waals surface area (Å²) in [6.45, 7) is 0.377. The number of pyridine rings is 1. The van der Waals surface area contributed by atoms with Crippen LogP contribution in [0.2, 0.25) is 0 Å². The Bertz CT molecular complexity index is 1120. The van der Waals surface area contributed by atoms with Crippen molar-refractivity contribution in [1.82, 2.24) is 4.98 Å². The van der Waals surface area contributed by atoms with E-state index in [1.165, 1.54) is 12.1 Å². The Labute approximate surface area is 163 Å². The molecule has 4 rings (SSSR count). The average Bonchev–Trinajstić information content (AvgIpc) is 2.74. The van der Waals surface area contributed by atoms with E-state index in [-0.39, 0.29) is 5.82 Å². The molecule has 0 radical (unpaired) electrons. The highest BCUT2D eigenvalue weighted by Gasteiger charge is 2.16. The van der Waals surface area contributed by atoms with Gasteiger partial charge < -0.3 is 11.5 Å². The zero-order valence-electron chi connectivity index (χ0n) is 15.3. The van der Waals surface area contributed by atoms with Crippen LogP contribution >= 0.6 is 0 Å². The van der Waals surface area contributed by atoms with Crippen molar-refractivity contribution < 1.29 is 4.39 Å². The molecule has 28 heavy (non-hydrogen) atoms. The maximum absolute atomic E-state index is 13.9. The first-order valence-corrected chi connectivity index (χ1v) is 9.07. The van der Waals surface area contributed by atoms with Crippen molar-refractivity contribution in [1.29, 1.82) is 0 Å². The summed E-state index contributed by atoms with van der Waals surface area (Å²) in [4.78, 5) is 4.86. The van der Waals surface area contributed by atoms with Crippen molar-refractivity contribution in [2.24, 2.45) is 5.73 Å². The van der Waals surface area contributed by atoms with Crippen molar-refractivity contribution >= 4 is 5.69 Å². The average molecular weight is 369 g/mol. The molecular weight excluding hydrogens is 349 g/mol. The van der Waals surface area contributed by atoms with Crippen molar-refractivity contribution in [2.75, 3.05) is 5.73 Å². The highest BCUT2D eigenvalue weighted by Crippen LogP contribution is 2.38. The van der Waals surface area contributed by atoms with Gasteiger partial charge in [-0.05, 0) is 29.3 Å². The van der Waals surface area contributed by atoms with Crippen molar-refractivity contribution in [2.45, 2.75) is 6.54 Å². The summed E-state index contributed by atoms with van der Waals surface area (Å²) in [7, 11) is 0. The van der Waals surface area contributed by atoms with Crippen molar-refractivity contribution in [3.63, 3.8) is 0 Å². The lowest BCUT2D eigenvalue weighted by atomic mass is 9.95. The van der Waals surface area contributed by atoms with Crippen molar-refractivity contribution in [3.8, 4) is 33.6 Å². The molecule has 0 aliphatic carbocycles. The predicted octanol–water partition coefficient (Wildman–Crippen LogP) is 5.26. The molecule has 0 aliphatic heterocycles. The molecule has 1 aromatic heterocycles. The largest absolute Gasteiger partial charge is 0.396 e. The number of aromatic nitrogens is 1. The van der Waals surface area contributed by atoms with Gasteiger partial charge >= 0.3 is 0 Å². The third-order valence-corrected chi connectivity index (χ3v) is 4.76. The normalized spacial score (nSPS) is 10.8. The Kier molecular flexibility index (Phi) is 4.87. The summed E-state index contributed by atoms with van der Waals surface area (Å²) < 4.78 is 13.9. The van der Waals surface area contributed by atoms with Gasteiger partial charge in [0.1, 0.15) is 5.82 Å². The second-order valence-electron chi connectivity index (χ2n) is 6.55. The molecule has 1 heterocycles. The van der Waals surface area contributed by atoms with Crippen LogP contribution in [0.5, 0.6) is 0 Å². The van der Waals surface area contributed by atoms with Gasteiger partial charge in [-0.15, -0.1) is 0 Å². The molecule has 3 aromatic carbocycles. The molecule has 0 unspecified atom stereocenters. The van der Waals surface area contributed by atoms with Gasteiger partial charge in [-0.1, -0.05) is 66.7 Å². The summed E-state index contributed by atoms with van der Waals surface area (Å²) in [5.41, 5.74) is 18.7. The van der Waals surface area contributed by atoms with E-state index in [0.717, 1.165) is 27.9 Å². The number of nitrogen functional groups attached to an aromatic ring is 1. The van der Waals surface area contributed by atoms with Gasteiger partial charge in [0.15, 0.2) is 0 Å². The van der Waals surface area contributed by atoms with Crippen LogP contribution in [-0.2, 0) is 6.54 Å². The fraction of sp³-hybridized carbons (Fsp3) is 0.0417. The lowest BCUT2D eigenvalue weighted by Crippen LogP contribution is -2.04. The minimum atomic E-state index is -0.307. The zero-order chi connectivity index (χ0) is 19.5. The van der Waals surface area contributed by atoms with Crippen LogP contribution in [0.25, 0.3) is 33.6 Å². The number of hydrogen-bond donors (Lipinski definition) is 2. The number of anilines is 1. The topological polar surface area (TPSA) is 64.9 Å². The van der Waals surface area contributed by atoms with Crippen LogP contribution in [0.4, 0.5) is 10.1 Å². The molecule has 0 saturated heterocycles. The lowest BCUT2D eigenvalue weighted by molar-refractivity contribution is 0.628. The third kappa shape index (κ3) is 3.38. The fourth-order valence-corrected chi connectivity index (χ4v) is 3.34. The zero-order valence-corrected chi connectivity index (χ0v) is 15.3.